The molecule has 0 aromatic heterocycles. The predicted molar refractivity (Wildman–Crippen MR) is 83.6 cm³/mol. The van der Waals surface area contributed by atoms with Crippen LogP contribution in [-0.4, -0.2) is 5.60 Å². The number of benzene rings is 2. The molecule has 1 nitrogen and oxygen atoms in total. The Hall–Kier alpha value is -1.54. The van der Waals surface area contributed by atoms with Crippen LogP contribution in [-0.2, 0) is 12.8 Å². The van der Waals surface area contributed by atoms with Crippen molar-refractivity contribution >= 4 is 11.6 Å². The first-order valence-corrected chi connectivity index (χ1v) is 7.57. The standard InChI is InChI=1S/C18H18ClFO/c1-18(2)11-14-10-13(5-8-17(14)21-18)16(19)9-12-3-6-15(20)7-4-12/h3-8,10,16H,9,11H2,1-2H3. The zero-order valence-electron chi connectivity index (χ0n) is 12.2. The smallest absolute Gasteiger partial charge is 0.123 e. The van der Waals surface area contributed by atoms with E-state index in [9.17, 15) is 4.39 Å². The lowest BCUT2D eigenvalue weighted by molar-refractivity contribution is 0.138. The maximum atomic E-state index is 12.9. The summed E-state index contributed by atoms with van der Waals surface area (Å²) in [6, 6.07) is 12.6. The van der Waals surface area contributed by atoms with Crippen LogP contribution in [0.1, 0.15) is 35.9 Å². The molecule has 0 aliphatic carbocycles. The van der Waals surface area contributed by atoms with E-state index in [2.05, 4.69) is 19.9 Å². The summed E-state index contributed by atoms with van der Waals surface area (Å²) in [7, 11) is 0. The molecule has 1 atom stereocenters. The second-order valence-electron chi connectivity index (χ2n) is 6.20. The van der Waals surface area contributed by atoms with Gasteiger partial charge in [-0.2, -0.15) is 0 Å². The van der Waals surface area contributed by atoms with Gasteiger partial charge >= 0.3 is 0 Å². The summed E-state index contributed by atoms with van der Waals surface area (Å²) in [4.78, 5) is 0. The van der Waals surface area contributed by atoms with Crippen molar-refractivity contribution in [1.29, 1.82) is 0 Å². The molecule has 1 heterocycles. The molecule has 3 heteroatoms. The Bertz CT molecular complexity index is 649. The van der Waals surface area contributed by atoms with Crippen molar-refractivity contribution in [3.63, 3.8) is 0 Å². The average molecular weight is 305 g/mol. The Morgan fingerprint density at radius 2 is 1.90 bits per heavy atom. The fourth-order valence-corrected chi connectivity index (χ4v) is 3.08. The first kappa shape index (κ1) is 14.4. The molecule has 2 aromatic rings. The lowest BCUT2D eigenvalue weighted by Crippen LogP contribution is -2.24. The normalized spacial score (nSPS) is 17.1. The van der Waals surface area contributed by atoms with Gasteiger partial charge in [0.05, 0.1) is 5.38 Å². The van der Waals surface area contributed by atoms with Crippen molar-refractivity contribution in [2.24, 2.45) is 0 Å². The molecular formula is C18H18ClFO. The highest BCUT2D eigenvalue weighted by Gasteiger charge is 2.30. The van der Waals surface area contributed by atoms with Crippen LogP contribution < -0.4 is 4.74 Å². The van der Waals surface area contributed by atoms with Gasteiger partial charge in [-0.05, 0) is 55.2 Å². The second-order valence-corrected chi connectivity index (χ2v) is 6.73. The highest BCUT2D eigenvalue weighted by atomic mass is 35.5. The first-order valence-electron chi connectivity index (χ1n) is 7.13. The summed E-state index contributed by atoms with van der Waals surface area (Å²) < 4.78 is 18.8. The van der Waals surface area contributed by atoms with Gasteiger partial charge in [0.1, 0.15) is 17.2 Å². The van der Waals surface area contributed by atoms with E-state index < -0.39 is 0 Å². The summed E-state index contributed by atoms with van der Waals surface area (Å²) in [6.07, 6.45) is 1.58. The summed E-state index contributed by atoms with van der Waals surface area (Å²) in [5.74, 6) is 0.733. The number of hydrogen-bond acceptors (Lipinski definition) is 1. The zero-order chi connectivity index (χ0) is 15.0. The van der Waals surface area contributed by atoms with E-state index in [1.165, 1.54) is 17.7 Å². The Balaban J connectivity index is 1.77. The van der Waals surface area contributed by atoms with E-state index in [0.717, 1.165) is 23.3 Å². The Morgan fingerprint density at radius 1 is 1.19 bits per heavy atom. The highest BCUT2D eigenvalue weighted by Crippen LogP contribution is 2.37. The summed E-state index contributed by atoms with van der Waals surface area (Å²) in [5, 5.41) is -0.121. The van der Waals surface area contributed by atoms with Crippen molar-refractivity contribution in [1.82, 2.24) is 0 Å². The average Bonchev–Trinajstić information content (AvgIpc) is 2.74. The maximum absolute atomic E-state index is 12.9. The topological polar surface area (TPSA) is 9.23 Å². The molecule has 0 spiro atoms. The number of alkyl halides is 1. The quantitative estimate of drug-likeness (QED) is 0.720. The zero-order valence-corrected chi connectivity index (χ0v) is 13.0. The number of halogens is 2. The minimum atomic E-state index is -0.221. The Labute approximate surface area is 129 Å². The van der Waals surface area contributed by atoms with Gasteiger partial charge in [-0.3, -0.25) is 0 Å². The van der Waals surface area contributed by atoms with Gasteiger partial charge in [0, 0.05) is 6.42 Å². The highest BCUT2D eigenvalue weighted by molar-refractivity contribution is 6.20. The largest absolute Gasteiger partial charge is 0.487 e. The van der Waals surface area contributed by atoms with Crippen molar-refractivity contribution in [2.45, 2.75) is 37.7 Å². The molecule has 0 saturated heterocycles. The van der Waals surface area contributed by atoms with Gasteiger partial charge in [-0.25, -0.2) is 4.39 Å². The van der Waals surface area contributed by atoms with E-state index in [4.69, 9.17) is 16.3 Å². The van der Waals surface area contributed by atoms with Crippen LogP contribution in [0.4, 0.5) is 4.39 Å². The first-order chi connectivity index (χ1) is 9.93. The molecule has 0 radical (unpaired) electrons. The van der Waals surface area contributed by atoms with Crippen molar-refractivity contribution in [3.8, 4) is 5.75 Å². The van der Waals surface area contributed by atoms with Crippen LogP contribution in [0.15, 0.2) is 42.5 Å². The van der Waals surface area contributed by atoms with Crippen LogP contribution in [0.2, 0.25) is 0 Å². The van der Waals surface area contributed by atoms with Crippen LogP contribution in [0.25, 0.3) is 0 Å². The van der Waals surface area contributed by atoms with Gasteiger partial charge in [-0.15, -0.1) is 11.6 Å². The number of fused-ring (bicyclic) bond motifs is 1. The van der Waals surface area contributed by atoms with Gasteiger partial charge in [0.2, 0.25) is 0 Å². The Kier molecular flexibility index (Phi) is 3.66. The number of hydrogen-bond donors (Lipinski definition) is 0. The van der Waals surface area contributed by atoms with E-state index in [1.807, 2.05) is 12.1 Å². The van der Waals surface area contributed by atoms with Crippen LogP contribution in [0.3, 0.4) is 0 Å². The lowest BCUT2D eigenvalue weighted by Gasteiger charge is -2.16. The molecule has 1 aliphatic heterocycles. The molecule has 1 aliphatic rings. The molecule has 0 saturated carbocycles. The van der Waals surface area contributed by atoms with Gasteiger partial charge in [0.15, 0.2) is 0 Å². The van der Waals surface area contributed by atoms with Crippen LogP contribution in [0.5, 0.6) is 5.75 Å². The molecule has 21 heavy (non-hydrogen) atoms. The molecule has 0 amide bonds. The lowest BCUT2D eigenvalue weighted by atomic mass is 9.97. The predicted octanol–water partition coefficient (Wildman–Crippen LogP) is 5.06. The summed E-state index contributed by atoms with van der Waals surface area (Å²) in [5.41, 5.74) is 3.19. The SMILES string of the molecule is CC1(C)Cc2cc(C(Cl)Cc3ccc(F)cc3)ccc2O1. The van der Waals surface area contributed by atoms with Gasteiger partial charge in [-0.1, -0.05) is 24.3 Å². The third-order valence-electron chi connectivity index (χ3n) is 3.78. The number of rotatable bonds is 3. The monoisotopic (exact) mass is 304 g/mol. The van der Waals surface area contributed by atoms with E-state index in [-0.39, 0.29) is 16.8 Å². The van der Waals surface area contributed by atoms with Crippen LogP contribution >= 0.6 is 11.6 Å². The minimum absolute atomic E-state index is 0.121. The third kappa shape index (κ3) is 3.21. The van der Waals surface area contributed by atoms with E-state index >= 15 is 0 Å². The van der Waals surface area contributed by atoms with Crippen molar-refractivity contribution in [2.75, 3.05) is 0 Å². The summed E-state index contributed by atoms with van der Waals surface area (Å²) >= 11 is 6.52. The molecule has 3 rings (SSSR count). The molecule has 0 fully saturated rings. The molecule has 2 aromatic carbocycles. The fourth-order valence-electron chi connectivity index (χ4n) is 2.77. The van der Waals surface area contributed by atoms with E-state index in [1.54, 1.807) is 12.1 Å². The van der Waals surface area contributed by atoms with Gasteiger partial charge < -0.3 is 4.74 Å². The molecule has 1 unspecified atom stereocenters. The van der Waals surface area contributed by atoms with Crippen molar-refractivity contribution < 1.29 is 9.13 Å². The third-order valence-corrected chi connectivity index (χ3v) is 4.18. The minimum Gasteiger partial charge on any atom is -0.487 e. The molecule has 0 N–H and O–H groups in total. The van der Waals surface area contributed by atoms with Gasteiger partial charge in [0.25, 0.3) is 0 Å². The van der Waals surface area contributed by atoms with Crippen molar-refractivity contribution in [3.05, 3.63) is 65.0 Å². The Morgan fingerprint density at radius 3 is 2.62 bits per heavy atom. The maximum Gasteiger partial charge on any atom is 0.123 e. The number of ether oxygens (including phenoxy) is 1. The molecule has 110 valence electrons. The summed E-state index contributed by atoms with van der Waals surface area (Å²) in [6.45, 7) is 4.17. The molecular weight excluding hydrogens is 287 g/mol. The second kappa shape index (κ2) is 5.34. The van der Waals surface area contributed by atoms with E-state index in [0.29, 0.717) is 6.42 Å². The fraction of sp³-hybridized carbons (Fsp3) is 0.333. The molecule has 0 bridgehead atoms. The van der Waals surface area contributed by atoms with Crippen LogP contribution in [0, 0.1) is 5.82 Å².